The van der Waals surface area contributed by atoms with Crippen molar-refractivity contribution in [3.63, 3.8) is 0 Å². The zero-order valence-electron chi connectivity index (χ0n) is 17.5. The number of anilines is 1. The van der Waals surface area contributed by atoms with Crippen LogP contribution in [-0.2, 0) is 4.79 Å². The normalized spacial score (nSPS) is 15.0. The van der Waals surface area contributed by atoms with Gasteiger partial charge in [0.1, 0.15) is 0 Å². The Balaban J connectivity index is 0.00000392. The van der Waals surface area contributed by atoms with E-state index < -0.39 is 0 Å². The van der Waals surface area contributed by atoms with Gasteiger partial charge in [-0.2, -0.15) is 0 Å². The summed E-state index contributed by atoms with van der Waals surface area (Å²) in [7, 11) is 0. The first-order valence-corrected chi connectivity index (χ1v) is 10.3. The maximum Gasteiger partial charge on any atom is 0.221 e. The smallest absolute Gasteiger partial charge is 0.221 e. The summed E-state index contributed by atoms with van der Waals surface area (Å²) in [6.45, 7) is 10.5. The van der Waals surface area contributed by atoms with Gasteiger partial charge < -0.3 is 20.9 Å². The first-order chi connectivity index (χ1) is 13.1. The summed E-state index contributed by atoms with van der Waals surface area (Å²) in [6.07, 6.45) is 3.92. The van der Waals surface area contributed by atoms with Gasteiger partial charge in [-0.1, -0.05) is 19.1 Å². The molecule has 1 fully saturated rings. The van der Waals surface area contributed by atoms with E-state index in [2.05, 4.69) is 57.0 Å². The molecule has 1 atom stereocenters. The molecule has 0 bridgehead atoms. The molecule has 1 aliphatic heterocycles. The number of carbonyl (C=O) groups excluding carboxylic acids is 1. The van der Waals surface area contributed by atoms with Crippen LogP contribution in [0.5, 0.6) is 0 Å². The van der Waals surface area contributed by atoms with Gasteiger partial charge in [0.2, 0.25) is 5.91 Å². The average molecular weight is 501 g/mol. The Morgan fingerprint density at radius 2 is 1.96 bits per heavy atom. The second kappa shape index (κ2) is 13.6. The standard InChI is InChI=1S/C21H35N5O.HI/c1-4-12-23-20(27)11-13-24-21(22-5-2)25-17(3)18-9-8-10-19(16-18)26-14-6-7-15-26;/h8-10,16-17H,4-7,11-15H2,1-3H3,(H,23,27)(H2,22,24,25);1H. The van der Waals surface area contributed by atoms with Crippen LogP contribution in [0.2, 0.25) is 0 Å². The summed E-state index contributed by atoms with van der Waals surface area (Å²) < 4.78 is 0. The number of nitrogens with one attached hydrogen (secondary N) is 3. The summed E-state index contributed by atoms with van der Waals surface area (Å²) in [5.74, 6) is 0.808. The predicted molar refractivity (Wildman–Crippen MR) is 129 cm³/mol. The number of amides is 1. The van der Waals surface area contributed by atoms with Crippen LogP contribution in [0.4, 0.5) is 5.69 Å². The third-order valence-electron chi connectivity index (χ3n) is 4.72. The Morgan fingerprint density at radius 3 is 2.64 bits per heavy atom. The predicted octanol–water partition coefficient (Wildman–Crippen LogP) is 3.44. The van der Waals surface area contributed by atoms with E-state index in [-0.39, 0.29) is 35.9 Å². The molecule has 1 saturated heterocycles. The Hall–Kier alpha value is -1.51. The zero-order valence-corrected chi connectivity index (χ0v) is 19.8. The van der Waals surface area contributed by atoms with Gasteiger partial charge in [0.05, 0.1) is 12.6 Å². The van der Waals surface area contributed by atoms with E-state index in [0.717, 1.165) is 38.6 Å². The number of rotatable bonds is 9. The van der Waals surface area contributed by atoms with Gasteiger partial charge in [0, 0.05) is 38.3 Å². The van der Waals surface area contributed by atoms with Crippen LogP contribution in [0.15, 0.2) is 29.3 Å². The van der Waals surface area contributed by atoms with Crippen molar-refractivity contribution < 1.29 is 4.79 Å². The van der Waals surface area contributed by atoms with Gasteiger partial charge in [-0.3, -0.25) is 9.79 Å². The van der Waals surface area contributed by atoms with E-state index in [9.17, 15) is 4.79 Å². The van der Waals surface area contributed by atoms with Crippen LogP contribution in [0.25, 0.3) is 0 Å². The minimum absolute atomic E-state index is 0. The quantitative estimate of drug-likeness (QED) is 0.276. The minimum Gasteiger partial charge on any atom is -0.372 e. The van der Waals surface area contributed by atoms with E-state index >= 15 is 0 Å². The first-order valence-electron chi connectivity index (χ1n) is 10.3. The maximum absolute atomic E-state index is 11.7. The molecule has 1 amide bonds. The minimum atomic E-state index is 0. The number of guanidine groups is 1. The van der Waals surface area contributed by atoms with E-state index in [0.29, 0.717) is 13.0 Å². The third kappa shape index (κ3) is 8.24. The SMILES string of the molecule is CCCNC(=O)CCN=C(NCC)NC(C)c1cccc(N2CCCC2)c1.I. The van der Waals surface area contributed by atoms with Gasteiger partial charge in [0.15, 0.2) is 5.96 Å². The van der Waals surface area contributed by atoms with Gasteiger partial charge in [0.25, 0.3) is 0 Å². The number of carbonyl (C=O) groups is 1. The highest BCUT2D eigenvalue weighted by Gasteiger charge is 2.14. The summed E-state index contributed by atoms with van der Waals surface area (Å²) >= 11 is 0. The van der Waals surface area contributed by atoms with Crippen LogP contribution in [0.1, 0.15) is 58.1 Å². The van der Waals surface area contributed by atoms with Crippen molar-refractivity contribution in [2.24, 2.45) is 4.99 Å². The molecule has 1 heterocycles. The molecule has 0 saturated carbocycles. The monoisotopic (exact) mass is 501 g/mol. The van der Waals surface area contributed by atoms with Crippen LogP contribution >= 0.6 is 24.0 Å². The molecule has 28 heavy (non-hydrogen) atoms. The Kier molecular flexibility index (Phi) is 11.9. The van der Waals surface area contributed by atoms with Crippen molar-refractivity contribution >= 4 is 41.5 Å². The largest absolute Gasteiger partial charge is 0.372 e. The molecule has 1 aliphatic rings. The van der Waals surface area contributed by atoms with E-state index in [1.54, 1.807) is 0 Å². The molecule has 0 radical (unpaired) electrons. The lowest BCUT2D eigenvalue weighted by atomic mass is 10.1. The Morgan fingerprint density at radius 1 is 1.21 bits per heavy atom. The maximum atomic E-state index is 11.7. The molecule has 0 aromatic heterocycles. The lowest BCUT2D eigenvalue weighted by Crippen LogP contribution is -2.39. The average Bonchev–Trinajstić information content (AvgIpc) is 3.21. The topological polar surface area (TPSA) is 68.8 Å². The highest BCUT2D eigenvalue weighted by Crippen LogP contribution is 2.23. The molecular weight excluding hydrogens is 465 g/mol. The van der Waals surface area contributed by atoms with Gasteiger partial charge in [-0.25, -0.2) is 0 Å². The molecule has 2 rings (SSSR count). The van der Waals surface area contributed by atoms with Crippen molar-refractivity contribution in [2.75, 3.05) is 37.6 Å². The highest BCUT2D eigenvalue weighted by atomic mass is 127. The van der Waals surface area contributed by atoms with Crippen molar-refractivity contribution in [2.45, 2.75) is 52.5 Å². The lowest BCUT2D eigenvalue weighted by molar-refractivity contribution is -0.120. The summed E-state index contributed by atoms with van der Waals surface area (Å²) in [5, 5.41) is 9.61. The number of benzene rings is 1. The molecule has 158 valence electrons. The molecule has 1 unspecified atom stereocenters. The first kappa shape index (κ1) is 24.5. The summed E-state index contributed by atoms with van der Waals surface area (Å²) in [4.78, 5) is 18.7. The molecular formula is C21H36IN5O. The van der Waals surface area contributed by atoms with Gasteiger partial charge >= 0.3 is 0 Å². The molecule has 3 N–H and O–H groups in total. The van der Waals surface area contributed by atoms with Crippen molar-refractivity contribution in [1.82, 2.24) is 16.0 Å². The van der Waals surface area contributed by atoms with Crippen LogP contribution in [0.3, 0.4) is 0 Å². The van der Waals surface area contributed by atoms with Crippen molar-refractivity contribution in [1.29, 1.82) is 0 Å². The lowest BCUT2D eigenvalue weighted by Gasteiger charge is -2.22. The number of hydrogen-bond acceptors (Lipinski definition) is 3. The molecule has 0 spiro atoms. The fourth-order valence-electron chi connectivity index (χ4n) is 3.20. The fraction of sp³-hybridized carbons (Fsp3) is 0.619. The zero-order chi connectivity index (χ0) is 19.5. The second-order valence-corrected chi connectivity index (χ2v) is 7.02. The number of aliphatic imine (C=N–C) groups is 1. The van der Waals surface area contributed by atoms with Crippen LogP contribution in [-0.4, -0.2) is 44.6 Å². The van der Waals surface area contributed by atoms with Crippen molar-refractivity contribution in [3.05, 3.63) is 29.8 Å². The van der Waals surface area contributed by atoms with Crippen molar-refractivity contribution in [3.8, 4) is 0 Å². The van der Waals surface area contributed by atoms with Crippen LogP contribution < -0.4 is 20.9 Å². The van der Waals surface area contributed by atoms with Gasteiger partial charge in [-0.15, -0.1) is 24.0 Å². The number of halogens is 1. The highest BCUT2D eigenvalue weighted by molar-refractivity contribution is 14.0. The Bertz CT molecular complexity index is 617. The number of nitrogens with zero attached hydrogens (tertiary/aromatic N) is 2. The Labute approximate surface area is 187 Å². The van der Waals surface area contributed by atoms with E-state index in [1.807, 2.05) is 13.8 Å². The van der Waals surface area contributed by atoms with Crippen LogP contribution in [0, 0.1) is 0 Å². The molecule has 0 aliphatic carbocycles. The number of hydrogen-bond donors (Lipinski definition) is 3. The molecule has 6 nitrogen and oxygen atoms in total. The van der Waals surface area contributed by atoms with E-state index in [4.69, 9.17) is 0 Å². The fourth-order valence-corrected chi connectivity index (χ4v) is 3.20. The molecule has 7 heteroatoms. The molecule has 1 aromatic carbocycles. The molecule has 1 aromatic rings. The second-order valence-electron chi connectivity index (χ2n) is 7.02. The van der Waals surface area contributed by atoms with Gasteiger partial charge in [-0.05, 0) is 50.8 Å². The third-order valence-corrected chi connectivity index (χ3v) is 4.72. The summed E-state index contributed by atoms with van der Waals surface area (Å²) in [6, 6.07) is 8.88. The summed E-state index contributed by atoms with van der Waals surface area (Å²) in [5.41, 5.74) is 2.54. The van der Waals surface area contributed by atoms with E-state index in [1.165, 1.54) is 24.1 Å².